The van der Waals surface area contributed by atoms with Crippen molar-refractivity contribution in [2.75, 3.05) is 18.1 Å². The molecule has 0 fully saturated rings. The molecule has 2 aromatic rings. The minimum Gasteiger partial charge on any atom is -0.395 e. The van der Waals surface area contributed by atoms with Gasteiger partial charge in [-0.1, -0.05) is 29.8 Å². The van der Waals surface area contributed by atoms with Gasteiger partial charge in [-0.3, -0.25) is 0 Å². The first-order chi connectivity index (χ1) is 10.2. The zero-order valence-electron chi connectivity index (χ0n) is 11.3. The molecule has 0 aliphatic heterocycles. The summed E-state index contributed by atoms with van der Waals surface area (Å²) < 4.78 is 13.7. The highest BCUT2D eigenvalue weighted by Crippen LogP contribution is 2.24. The van der Waals surface area contributed by atoms with Crippen LogP contribution in [0.15, 0.2) is 42.5 Å². The smallest absolute Gasteiger partial charge is 0.143 e. The first kappa shape index (κ1) is 15.3. The van der Waals surface area contributed by atoms with Gasteiger partial charge in [0.2, 0.25) is 0 Å². The van der Waals surface area contributed by atoms with Gasteiger partial charge in [0.1, 0.15) is 17.4 Å². The zero-order chi connectivity index (χ0) is 15.2. The SMILES string of the molecule is N#Cc1c(F)cccc1N(CCO)Cc1cccc(Cl)c1. The molecule has 3 nitrogen and oxygen atoms in total. The normalized spacial score (nSPS) is 10.2. The van der Waals surface area contributed by atoms with Crippen molar-refractivity contribution in [2.24, 2.45) is 0 Å². The Labute approximate surface area is 127 Å². The van der Waals surface area contributed by atoms with Crippen molar-refractivity contribution in [3.8, 4) is 6.07 Å². The Hall–Kier alpha value is -2.09. The number of nitrogens with zero attached hydrogens (tertiary/aromatic N) is 2. The average molecular weight is 305 g/mol. The summed E-state index contributed by atoms with van der Waals surface area (Å²) in [7, 11) is 0. The monoisotopic (exact) mass is 304 g/mol. The Morgan fingerprint density at radius 2 is 2.00 bits per heavy atom. The number of hydrogen-bond acceptors (Lipinski definition) is 3. The molecule has 0 aliphatic carbocycles. The van der Waals surface area contributed by atoms with E-state index in [9.17, 15) is 9.50 Å². The van der Waals surface area contributed by atoms with Crippen LogP contribution < -0.4 is 4.90 Å². The van der Waals surface area contributed by atoms with Gasteiger partial charge >= 0.3 is 0 Å². The van der Waals surface area contributed by atoms with E-state index in [-0.39, 0.29) is 12.2 Å². The van der Waals surface area contributed by atoms with E-state index in [1.165, 1.54) is 6.07 Å². The number of nitriles is 1. The van der Waals surface area contributed by atoms with Gasteiger partial charge in [0.15, 0.2) is 0 Å². The second kappa shape index (κ2) is 7.07. The van der Waals surface area contributed by atoms with E-state index in [2.05, 4.69) is 0 Å². The molecule has 0 bridgehead atoms. The highest BCUT2D eigenvalue weighted by Gasteiger charge is 2.15. The van der Waals surface area contributed by atoms with Crippen molar-refractivity contribution >= 4 is 17.3 Å². The lowest BCUT2D eigenvalue weighted by Gasteiger charge is -2.25. The Morgan fingerprint density at radius 1 is 1.24 bits per heavy atom. The molecular weight excluding hydrogens is 291 g/mol. The number of benzene rings is 2. The molecule has 0 radical (unpaired) electrons. The predicted octanol–water partition coefficient (Wildman–Crippen LogP) is 3.35. The molecule has 0 unspecified atom stereocenters. The highest BCUT2D eigenvalue weighted by atomic mass is 35.5. The number of aliphatic hydroxyl groups is 1. The summed E-state index contributed by atoms with van der Waals surface area (Å²) in [5, 5.41) is 19.0. The van der Waals surface area contributed by atoms with E-state index in [0.29, 0.717) is 23.8 Å². The van der Waals surface area contributed by atoms with Crippen LogP contribution in [-0.2, 0) is 6.54 Å². The zero-order valence-corrected chi connectivity index (χ0v) is 12.0. The van der Waals surface area contributed by atoms with E-state index >= 15 is 0 Å². The first-order valence-electron chi connectivity index (χ1n) is 6.44. The van der Waals surface area contributed by atoms with Gasteiger partial charge in [0, 0.05) is 18.1 Å². The molecule has 0 saturated carbocycles. The Kier molecular flexibility index (Phi) is 5.15. The molecule has 2 aromatic carbocycles. The molecule has 0 spiro atoms. The molecular formula is C16H14ClFN2O. The molecule has 21 heavy (non-hydrogen) atoms. The lowest BCUT2D eigenvalue weighted by Crippen LogP contribution is -2.27. The van der Waals surface area contributed by atoms with Crippen molar-refractivity contribution in [1.82, 2.24) is 0 Å². The second-order valence-corrected chi connectivity index (χ2v) is 4.96. The van der Waals surface area contributed by atoms with Gasteiger partial charge in [-0.25, -0.2) is 4.39 Å². The van der Waals surface area contributed by atoms with Gasteiger partial charge in [0.25, 0.3) is 0 Å². The lowest BCUT2D eigenvalue weighted by atomic mass is 10.1. The van der Waals surface area contributed by atoms with Gasteiger partial charge in [-0.15, -0.1) is 0 Å². The standard InChI is InChI=1S/C16H14ClFN2O/c17-13-4-1-3-12(9-13)11-20(7-8-21)16-6-2-5-15(18)14(16)10-19/h1-6,9,21H,7-8,11H2. The van der Waals surface area contributed by atoms with E-state index in [4.69, 9.17) is 16.9 Å². The molecule has 0 heterocycles. The molecule has 0 saturated heterocycles. The molecule has 5 heteroatoms. The van der Waals surface area contributed by atoms with Crippen LogP contribution in [0.1, 0.15) is 11.1 Å². The van der Waals surface area contributed by atoms with E-state index in [0.717, 1.165) is 5.56 Å². The van der Waals surface area contributed by atoms with Crippen LogP contribution in [0.4, 0.5) is 10.1 Å². The van der Waals surface area contributed by atoms with Crippen molar-refractivity contribution in [2.45, 2.75) is 6.54 Å². The van der Waals surface area contributed by atoms with Crippen molar-refractivity contribution in [3.63, 3.8) is 0 Å². The van der Waals surface area contributed by atoms with Crippen LogP contribution in [-0.4, -0.2) is 18.3 Å². The highest BCUT2D eigenvalue weighted by molar-refractivity contribution is 6.30. The predicted molar refractivity (Wildman–Crippen MR) is 80.7 cm³/mol. The number of anilines is 1. The summed E-state index contributed by atoms with van der Waals surface area (Å²) in [5.74, 6) is -0.566. The average Bonchev–Trinajstić information content (AvgIpc) is 2.46. The Bertz CT molecular complexity index is 670. The van der Waals surface area contributed by atoms with Gasteiger partial charge < -0.3 is 10.0 Å². The van der Waals surface area contributed by atoms with Crippen LogP contribution >= 0.6 is 11.6 Å². The molecule has 0 aromatic heterocycles. The summed E-state index contributed by atoms with van der Waals surface area (Å²) in [6, 6.07) is 13.6. The first-order valence-corrected chi connectivity index (χ1v) is 6.82. The number of rotatable bonds is 5. The minimum absolute atomic E-state index is 0.0204. The van der Waals surface area contributed by atoms with Crippen LogP contribution in [0.3, 0.4) is 0 Å². The summed E-state index contributed by atoms with van der Waals surface area (Å²) >= 11 is 5.95. The number of aliphatic hydroxyl groups excluding tert-OH is 1. The van der Waals surface area contributed by atoms with Gasteiger partial charge in [-0.2, -0.15) is 5.26 Å². The van der Waals surface area contributed by atoms with E-state index < -0.39 is 5.82 Å². The quantitative estimate of drug-likeness (QED) is 0.921. The Balaban J connectivity index is 2.36. The lowest BCUT2D eigenvalue weighted by molar-refractivity contribution is 0.301. The van der Waals surface area contributed by atoms with Crippen molar-refractivity contribution in [3.05, 3.63) is 64.4 Å². The maximum atomic E-state index is 13.7. The second-order valence-electron chi connectivity index (χ2n) is 4.52. The Morgan fingerprint density at radius 3 is 2.67 bits per heavy atom. The minimum atomic E-state index is -0.566. The fraction of sp³-hybridized carbons (Fsp3) is 0.188. The third-order valence-corrected chi connectivity index (χ3v) is 3.31. The van der Waals surface area contributed by atoms with Gasteiger partial charge in [0.05, 0.1) is 12.3 Å². The third-order valence-electron chi connectivity index (χ3n) is 3.08. The van der Waals surface area contributed by atoms with Gasteiger partial charge in [-0.05, 0) is 29.8 Å². The van der Waals surface area contributed by atoms with E-state index in [1.54, 1.807) is 29.2 Å². The van der Waals surface area contributed by atoms with Crippen molar-refractivity contribution < 1.29 is 9.50 Å². The largest absolute Gasteiger partial charge is 0.395 e. The summed E-state index contributed by atoms with van der Waals surface area (Å²) in [6.45, 7) is 0.631. The topological polar surface area (TPSA) is 47.3 Å². The maximum Gasteiger partial charge on any atom is 0.143 e. The van der Waals surface area contributed by atoms with Crippen LogP contribution in [0.2, 0.25) is 5.02 Å². The summed E-state index contributed by atoms with van der Waals surface area (Å²) in [6.07, 6.45) is 0. The molecule has 0 amide bonds. The molecule has 1 N–H and O–H groups in total. The molecule has 0 atom stereocenters. The number of hydrogen-bond donors (Lipinski definition) is 1. The summed E-state index contributed by atoms with van der Waals surface area (Å²) in [4.78, 5) is 1.76. The van der Waals surface area contributed by atoms with Crippen molar-refractivity contribution in [1.29, 1.82) is 5.26 Å². The van der Waals surface area contributed by atoms with Crippen LogP contribution in [0, 0.1) is 17.1 Å². The maximum absolute atomic E-state index is 13.7. The fourth-order valence-electron chi connectivity index (χ4n) is 2.15. The van der Waals surface area contributed by atoms with Crippen LogP contribution in [0.5, 0.6) is 0 Å². The molecule has 0 aliphatic rings. The van der Waals surface area contributed by atoms with E-state index in [1.807, 2.05) is 18.2 Å². The van der Waals surface area contributed by atoms with Crippen LogP contribution in [0.25, 0.3) is 0 Å². The summed E-state index contributed by atoms with van der Waals surface area (Å²) in [5.41, 5.74) is 1.36. The fourth-order valence-corrected chi connectivity index (χ4v) is 2.36. The molecule has 108 valence electrons. The third kappa shape index (κ3) is 3.72. The number of halogens is 2. The molecule has 2 rings (SSSR count).